The van der Waals surface area contributed by atoms with E-state index in [1.165, 1.54) is 0 Å². The van der Waals surface area contributed by atoms with E-state index in [0.29, 0.717) is 11.5 Å². The number of amides is 1. The third kappa shape index (κ3) is 2.40. The largest absolute Gasteiger partial charge is 0.338 e. The number of pyridine rings is 1. The van der Waals surface area contributed by atoms with Crippen LogP contribution in [0.3, 0.4) is 0 Å². The first-order valence-electron chi connectivity index (χ1n) is 6.07. The van der Waals surface area contributed by atoms with Crippen molar-refractivity contribution in [1.82, 2.24) is 9.88 Å². The van der Waals surface area contributed by atoms with E-state index in [2.05, 4.69) is 11.9 Å². The first-order chi connectivity index (χ1) is 8.09. The number of nitrogens with one attached hydrogen (secondary N) is 1. The Kier molecular flexibility index (Phi) is 3.31. The van der Waals surface area contributed by atoms with Crippen molar-refractivity contribution in [1.29, 1.82) is 0 Å². The second kappa shape index (κ2) is 4.73. The number of likely N-dealkylation sites (tertiary alicyclic amines) is 1. The van der Waals surface area contributed by atoms with Crippen molar-refractivity contribution >= 4 is 5.91 Å². The monoisotopic (exact) mass is 234 g/mol. The molecule has 4 nitrogen and oxygen atoms in total. The number of carbonyl (C=O) groups is 1. The molecule has 2 rings (SSSR count). The number of carbonyl (C=O) groups excluding carboxylic acids is 1. The normalized spacial score (nSPS) is 17.2. The maximum atomic E-state index is 12.3. The van der Waals surface area contributed by atoms with Crippen LogP contribution in [0.25, 0.3) is 0 Å². The third-order valence-corrected chi connectivity index (χ3v) is 3.45. The summed E-state index contributed by atoms with van der Waals surface area (Å²) in [6.45, 7) is 5.51. The van der Waals surface area contributed by atoms with Gasteiger partial charge in [-0.25, -0.2) is 0 Å². The third-order valence-electron chi connectivity index (χ3n) is 3.45. The Labute approximate surface area is 101 Å². The van der Waals surface area contributed by atoms with Crippen LogP contribution < -0.4 is 5.56 Å². The van der Waals surface area contributed by atoms with Crippen molar-refractivity contribution in [2.75, 3.05) is 13.1 Å². The summed E-state index contributed by atoms with van der Waals surface area (Å²) >= 11 is 0. The number of H-pyrrole nitrogens is 1. The van der Waals surface area contributed by atoms with Crippen LogP contribution in [0, 0.1) is 12.8 Å². The number of hydrogen-bond acceptors (Lipinski definition) is 2. The second-order valence-corrected chi connectivity index (χ2v) is 4.84. The molecule has 0 aliphatic carbocycles. The van der Waals surface area contributed by atoms with Gasteiger partial charge in [0.05, 0.1) is 0 Å². The summed E-state index contributed by atoms with van der Waals surface area (Å²) < 4.78 is 0. The fourth-order valence-corrected chi connectivity index (χ4v) is 2.21. The molecule has 17 heavy (non-hydrogen) atoms. The van der Waals surface area contributed by atoms with Crippen molar-refractivity contribution in [3.63, 3.8) is 0 Å². The van der Waals surface area contributed by atoms with Crippen LogP contribution in [-0.4, -0.2) is 28.9 Å². The number of nitrogens with zero attached hydrogens (tertiary/aromatic N) is 1. The van der Waals surface area contributed by atoms with E-state index in [4.69, 9.17) is 0 Å². The fraction of sp³-hybridized carbons (Fsp3) is 0.538. The zero-order chi connectivity index (χ0) is 12.4. The number of piperidine rings is 1. The van der Waals surface area contributed by atoms with Crippen LogP contribution in [-0.2, 0) is 0 Å². The van der Waals surface area contributed by atoms with Gasteiger partial charge in [-0.3, -0.25) is 9.59 Å². The van der Waals surface area contributed by atoms with Crippen LogP contribution in [0.15, 0.2) is 17.1 Å². The van der Waals surface area contributed by atoms with Crippen molar-refractivity contribution in [2.45, 2.75) is 26.7 Å². The van der Waals surface area contributed by atoms with E-state index in [0.717, 1.165) is 31.5 Å². The SMILES string of the molecule is Cc1cc[nH]c(=O)c1C(=O)N1CCC(C)CC1. The second-order valence-electron chi connectivity index (χ2n) is 4.84. The van der Waals surface area contributed by atoms with Gasteiger partial charge >= 0.3 is 0 Å². The molecule has 1 aromatic heterocycles. The Hall–Kier alpha value is -1.58. The first kappa shape index (κ1) is 11.9. The van der Waals surface area contributed by atoms with E-state index < -0.39 is 0 Å². The number of aryl methyl sites for hydroxylation is 1. The van der Waals surface area contributed by atoms with Gasteiger partial charge in [-0.15, -0.1) is 0 Å². The van der Waals surface area contributed by atoms with Gasteiger partial charge in [0.1, 0.15) is 5.56 Å². The number of aromatic amines is 1. The highest BCUT2D eigenvalue weighted by molar-refractivity contribution is 5.95. The lowest BCUT2D eigenvalue weighted by atomic mass is 9.98. The van der Waals surface area contributed by atoms with Crippen LogP contribution in [0.2, 0.25) is 0 Å². The topological polar surface area (TPSA) is 53.2 Å². The molecule has 0 atom stereocenters. The van der Waals surface area contributed by atoms with Gasteiger partial charge in [0.2, 0.25) is 0 Å². The lowest BCUT2D eigenvalue weighted by Crippen LogP contribution is -2.40. The van der Waals surface area contributed by atoms with Crippen LogP contribution in [0.5, 0.6) is 0 Å². The standard InChI is InChI=1S/C13H18N2O2/c1-9-4-7-15(8-5-9)13(17)11-10(2)3-6-14-12(11)16/h3,6,9H,4-5,7-8H2,1-2H3,(H,14,16). The highest BCUT2D eigenvalue weighted by Crippen LogP contribution is 2.17. The zero-order valence-corrected chi connectivity index (χ0v) is 10.3. The fourth-order valence-electron chi connectivity index (χ4n) is 2.21. The maximum absolute atomic E-state index is 12.3. The van der Waals surface area contributed by atoms with E-state index in [1.54, 1.807) is 24.1 Å². The molecule has 1 aromatic rings. The zero-order valence-electron chi connectivity index (χ0n) is 10.3. The predicted molar refractivity (Wildman–Crippen MR) is 66.1 cm³/mol. The molecule has 4 heteroatoms. The minimum absolute atomic E-state index is 0.128. The Morgan fingerprint density at radius 2 is 2.06 bits per heavy atom. The van der Waals surface area contributed by atoms with E-state index >= 15 is 0 Å². The first-order valence-corrected chi connectivity index (χ1v) is 6.07. The van der Waals surface area contributed by atoms with Gasteiger partial charge in [0.15, 0.2) is 0 Å². The lowest BCUT2D eigenvalue weighted by Gasteiger charge is -2.30. The summed E-state index contributed by atoms with van der Waals surface area (Å²) in [6.07, 6.45) is 3.62. The van der Waals surface area contributed by atoms with E-state index in [-0.39, 0.29) is 11.5 Å². The van der Waals surface area contributed by atoms with Crippen molar-refractivity contribution < 1.29 is 4.79 Å². The molecule has 0 radical (unpaired) electrons. The maximum Gasteiger partial charge on any atom is 0.261 e. The molecule has 0 spiro atoms. The molecular formula is C13H18N2O2. The number of aromatic nitrogens is 1. The average molecular weight is 234 g/mol. The molecule has 1 saturated heterocycles. The summed E-state index contributed by atoms with van der Waals surface area (Å²) in [4.78, 5) is 28.3. The molecular weight excluding hydrogens is 216 g/mol. The van der Waals surface area contributed by atoms with Gasteiger partial charge in [0.25, 0.3) is 11.5 Å². The molecule has 1 fully saturated rings. The summed E-state index contributed by atoms with van der Waals surface area (Å²) in [5.41, 5.74) is 0.757. The molecule has 2 heterocycles. The minimum Gasteiger partial charge on any atom is -0.338 e. The lowest BCUT2D eigenvalue weighted by molar-refractivity contribution is 0.0694. The summed E-state index contributed by atoms with van der Waals surface area (Å²) in [5, 5.41) is 0. The highest BCUT2D eigenvalue weighted by Gasteiger charge is 2.24. The van der Waals surface area contributed by atoms with Crippen molar-refractivity contribution in [2.24, 2.45) is 5.92 Å². The Morgan fingerprint density at radius 3 is 2.65 bits per heavy atom. The Morgan fingerprint density at radius 1 is 1.41 bits per heavy atom. The molecule has 0 saturated carbocycles. The minimum atomic E-state index is -0.284. The number of hydrogen-bond donors (Lipinski definition) is 1. The van der Waals surface area contributed by atoms with E-state index in [1.807, 2.05) is 0 Å². The van der Waals surface area contributed by atoms with Crippen LogP contribution >= 0.6 is 0 Å². The number of rotatable bonds is 1. The Balaban J connectivity index is 2.23. The van der Waals surface area contributed by atoms with Crippen LogP contribution in [0.4, 0.5) is 0 Å². The molecule has 1 aliphatic heterocycles. The van der Waals surface area contributed by atoms with Gasteiger partial charge < -0.3 is 9.88 Å². The predicted octanol–water partition coefficient (Wildman–Crippen LogP) is 1.56. The summed E-state index contributed by atoms with van der Waals surface area (Å²) in [5.74, 6) is 0.547. The molecule has 1 N–H and O–H groups in total. The molecule has 1 amide bonds. The highest BCUT2D eigenvalue weighted by atomic mass is 16.2. The molecule has 0 aromatic carbocycles. The molecule has 0 bridgehead atoms. The molecule has 0 unspecified atom stereocenters. The smallest absolute Gasteiger partial charge is 0.261 e. The summed E-state index contributed by atoms with van der Waals surface area (Å²) in [6, 6.07) is 1.77. The van der Waals surface area contributed by atoms with E-state index in [9.17, 15) is 9.59 Å². The van der Waals surface area contributed by atoms with Gasteiger partial charge in [-0.2, -0.15) is 0 Å². The molecule has 92 valence electrons. The van der Waals surface area contributed by atoms with Crippen LogP contribution in [0.1, 0.15) is 35.7 Å². The molecule has 1 aliphatic rings. The van der Waals surface area contributed by atoms with Gasteiger partial charge in [-0.05, 0) is 37.3 Å². The van der Waals surface area contributed by atoms with Crippen molar-refractivity contribution in [3.8, 4) is 0 Å². The van der Waals surface area contributed by atoms with Gasteiger partial charge in [-0.1, -0.05) is 6.92 Å². The van der Waals surface area contributed by atoms with Crippen molar-refractivity contribution in [3.05, 3.63) is 33.7 Å². The quantitative estimate of drug-likeness (QED) is 0.801. The van der Waals surface area contributed by atoms with Gasteiger partial charge in [0, 0.05) is 19.3 Å². The summed E-state index contributed by atoms with van der Waals surface area (Å²) in [7, 11) is 0. The Bertz CT molecular complexity index is 471. The average Bonchev–Trinajstić information content (AvgIpc) is 2.29.